The van der Waals surface area contributed by atoms with Crippen LogP contribution in [0.15, 0.2) is 69.1 Å². The first kappa shape index (κ1) is 45.1. The number of allylic oxidation sites excluding steroid dienone is 2. The van der Waals surface area contributed by atoms with Gasteiger partial charge in [0.2, 0.25) is 5.91 Å². The van der Waals surface area contributed by atoms with Crippen molar-refractivity contribution in [3.05, 3.63) is 103 Å². The summed E-state index contributed by atoms with van der Waals surface area (Å²) < 4.78 is 33.7. The van der Waals surface area contributed by atoms with E-state index in [0.717, 1.165) is 62.6 Å². The van der Waals surface area contributed by atoms with E-state index in [9.17, 15) is 14.4 Å². The number of methoxy groups -OCH3 is 2. The van der Waals surface area contributed by atoms with Crippen molar-refractivity contribution >= 4 is 52.5 Å². The van der Waals surface area contributed by atoms with E-state index < -0.39 is 5.92 Å². The Bertz CT molecular complexity index is 2980. The molecule has 4 aliphatic rings. The van der Waals surface area contributed by atoms with Crippen LogP contribution in [0.2, 0.25) is 0 Å². The van der Waals surface area contributed by atoms with Crippen LogP contribution in [0, 0.1) is 11.8 Å². The van der Waals surface area contributed by atoms with Crippen molar-refractivity contribution in [2.24, 2.45) is 17.6 Å². The second-order valence-corrected chi connectivity index (χ2v) is 19.6. The van der Waals surface area contributed by atoms with Gasteiger partial charge < -0.3 is 39.2 Å². The average Bonchev–Trinajstić information content (AvgIpc) is 4.17. The summed E-state index contributed by atoms with van der Waals surface area (Å²) in [5, 5.41) is 18.0. The lowest BCUT2D eigenvalue weighted by Crippen LogP contribution is -2.38. The molecule has 17 heteroatoms. The molecule has 4 aliphatic heterocycles. The van der Waals surface area contributed by atoms with Gasteiger partial charge in [0.25, 0.3) is 11.8 Å². The van der Waals surface area contributed by atoms with Crippen molar-refractivity contribution in [2.75, 3.05) is 47.2 Å². The molecule has 0 aliphatic carbocycles. The second kappa shape index (κ2) is 18.8. The van der Waals surface area contributed by atoms with Gasteiger partial charge in [-0.05, 0) is 87.4 Å². The van der Waals surface area contributed by atoms with Gasteiger partial charge in [-0.1, -0.05) is 23.3 Å². The smallest absolute Gasteiger partial charge is 0.276 e. The molecule has 0 bridgehead atoms. The fourth-order valence-electron chi connectivity index (χ4n) is 9.89. The molecule has 2 atom stereocenters. The standard InChI is InChI=1S/C51H53N7O8S2/c1-29(2)15-33-19-37-43(21-41(33)62-4)65-24-39-45(53-57(47(37)39)35-8-13-67-26-35)50(60)55-11-7-32(49(52)59)18-31(23-55)16-30(3)17-34-20-38-44(22-42(34)63-5)66-25-40-46(51(61)56-10-6-12-64-28-56)54-58(48(38)40)36-9-14-68-27-36/h8-9,13-15,17,19-22,26-27,31-32H,6-7,10-12,16,18,23-25,28H2,1-5H3,(H2,52,59)/b30-17+. The molecule has 15 nitrogen and oxygen atoms in total. The van der Waals surface area contributed by atoms with E-state index in [0.29, 0.717) is 91.0 Å². The van der Waals surface area contributed by atoms with Crippen LogP contribution in [0.25, 0.3) is 46.0 Å². The number of thiophene rings is 2. The van der Waals surface area contributed by atoms with Crippen LogP contribution in [0.4, 0.5) is 0 Å². The maximum Gasteiger partial charge on any atom is 0.276 e. The van der Waals surface area contributed by atoms with Gasteiger partial charge in [0.15, 0.2) is 11.4 Å². The molecule has 2 aromatic carbocycles. The average molecular weight is 956 g/mol. The molecule has 0 saturated carbocycles. The number of hydrogen-bond donors (Lipinski definition) is 1. The van der Waals surface area contributed by atoms with E-state index in [4.69, 9.17) is 39.6 Å². The molecule has 0 spiro atoms. The van der Waals surface area contributed by atoms with Crippen molar-refractivity contribution < 1.29 is 38.1 Å². The quantitative estimate of drug-likeness (QED) is 0.133. The van der Waals surface area contributed by atoms with E-state index in [2.05, 4.69) is 19.1 Å². The number of nitrogens with zero attached hydrogens (tertiary/aromatic N) is 6. The summed E-state index contributed by atoms with van der Waals surface area (Å²) in [4.78, 5) is 45.4. The molecule has 10 rings (SSSR count). The highest BCUT2D eigenvalue weighted by atomic mass is 32.1. The van der Waals surface area contributed by atoms with Crippen molar-refractivity contribution in [3.8, 4) is 56.9 Å². The minimum absolute atomic E-state index is 0.105. The first-order chi connectivity index (χ1) is 33.0. The van der Waals surface area contributed by atoms with E-state index in [1.807, 2.05) is 86.0 Å². The Hall–Kier alpha value is -6.69. The monoisotopic (exact) mass is 955 g/mol. The van der Waals surface area contributed by atoms with Gasteiger partial charge in [-0.3, -0.25) is 14.4 Å². The predicted octanol–water partition coefficient (Wildman–Crippen LogP) is 9.01. The third-order valence-electron chi connectivity index (χ3n) is 13.0. The Balaban J connectivity index is 0.975. The molecule has 3 amide bonds. The third kappa shape index (κ3) is 8.47. The van der Waals surface area contributed by atoms with Gasteiger partial charge in [0, 0.05) is 81.8 Å². The topological polar surface area (TPSA) is 165 Å². The minimum atomic E-state index is -0.416. The normalized spacial score (nSPS) is 17.7. The first-order valence-corrected chi connectivity index (χ1v) is 24.6. The number of nitrogens with two attached hydrogens (primary N) is 1. The van der Waals surface area contributed by atoms with Crippen molar-refractivity contribution in [1.29, 1.82) is 0 Å². The van der Waals surface area contributed by atoms with Crippen LogP contribution >= 0.6 is 22.7 Å². The molecular weight excluding hydrogens is 903 g/mol. The first-order valence-electron chi connectivity index (χ1n) is 22.8. The molecule has 2 unspecified atom stereocenters. The lowest BCUT2D eigenvalue weighted by atomic mass is 9.88. The zero-order chi connectivity index (χ0) is 47.2. The predicted molar refractivity (Wildman–Crippen MR) is 261 cm³/mol. The van der Waals surface area contributed by atoms with Gasteiger partial charge in [-0.15, -0.1) is 0 Å². The third-order valence-corrected chi connectivity index (χ3v) is 14.4. The Labute approximate surface area is 402 Å². The van der Waals surface area contributed by atoms with E-state index >= 15 is 0 Å². The number of aromatic nitrogens is 4. The Morgan fingerprint density at radius 2 is 1.37 bits per heavy atom. The lowest BCUT2D eigenvalue weighted by molar-refractivity contribution is -0.122. The fraction of sp³-hybridized carbons (Fsp3) is 0.353. The molecule has 2 N–H and O–H groups in total. The van der Waals surface area contributed by atoms with Gasteiger partial charge in [0.1, 0.15) is 42.9 Å². The van der Waals surface area contributed by atoms with Crippen LogP contribution in [-0.4, -0.2) is 94.3 Å². The maximum absolute atomic E-state index is 15.0. The summed E-state index contributed by atoms with van der Waals surface area (Å²) in [6.45, 7) is 8.61. The van der Waals surface area contributed by atoms with Crippen LogP contribution < -0.4 is 24.7 Å². The summed E-state index contributed by atoms with van der Waals surface area (Å²) in [7, 11) is 3.27. The number of primary amides is 1. The lowest BCUT2D eigenvalue weighted by Gasteiger charge is -2.26. The van der Waals surface area contributed by atoms with Crippen LogP contribution in [0.5, 0.6) is 23.0 Å². The molecule has 6 aromatic rings. The van der Waals surface area contributed by atoms with Crippen molar-refractivity contribution in [1.82, 2.24) is 29.4 Å². The van der Waals surface area contributed by atoms with Crippen molar-refractivity contribution in [2.45, 2.75) is 59.7 Å². The highest BCUT2D eigenvalue weighted by Crippen LogP contribution is 2.46. The number of likely N-dealkylation sites (tertiary alicyclic amines) is 1. The molecular formula is C51H53N7O8S2. The minimum Gasteiger partial charge on any atom is -0.496 e. The maximum atomic E-state index is 15.0. The number of carbonyl (C=O) groups excluding carboxylic acids is 3. The van der Waals surface area contributed by atoms with Crippen LogP contribution in [-0.2, 0) is 22.7 Å². The van der Waals surface area contributed by atoms with Gasteiger partial charge in [-0.2, -0.15) is 32.9 Å². The molecule has 2 fully saturated rings. The number of rotatable bonds is 11. The molecule has 0 radical (unpaired) electrons. The highest BCUT2D eigenvalue weighted by Gasteiger charge is 2.37. The van der Waals surface area contributed by atoms with E-state index in [-0.39, 0.29) is 43.6 Å². The summed E-state index contributed by atoms with van der Waals surface area (Å²) in [6.07, 6.45) is 6.44. The zero-order valence-corrected chi connectivity index (χ0v) is 40.3. The number of fused-ring (bicyclic) bond motifs is 6. The number of ether oxygens (including phenoxy) is 5. The van der Waals surface area contributed by atoms with Gasteiger partial charge in [-0.25, -0.2) is 9.36 Å². The Kier molecular flexibility index (Phi) is 12.5. The second-order valence-electron chi connectivity index (χ2n) is 18.0. The Morgan fingerprint density at radius 1 is 0.794 bits per heavy atom. The number of hydrogen-bond acceptors (Lipinski definition) is 12. The van der Waals surface area contributed by atoms with Crippen LogP contribution in [0.3, 0.4) is 0 Å². The zero-order valence-electron chi connectivity index (χ0n) is 38.7. The number of benzene rings is 2. The largest absolute Gasteiger partial charge is 0.496 e. The van der Waals surface area contributed by atoms with Crippen LogP contribution in [0.1, 0.15) is 89.7 Å². The summed E-state index contributed by atoms with van der Waals surface area (Å²) in [6, 6.07) is 11.8. The summed E-state index contributed by atoms with van der Waals surface area (Å²) in [5.41, 5.74) is 16.8. The number of carbonyl (C=O) groups is 3. The summed E-state index contributed by atoms with van der Waals surface area (Å²) >= 11 is 3.10. The SMILES string of the molecule is COc1cc2c(cc1C=C(C)C)-c1c(c(C(=O)N3CCC(C(N)=O)CC(C/C(C)=C/c4cc5c(cc4OC)OCc4c(C(=O)N6CCCOC6)nn(-c6ccsc6)c4-5)C3)nn1-c1ccsc1)CO2. The molecule has 8 heterocycles. The molecule has 352 valence electrons. The van der Waals surface area contributed by atoms with Gasteiger partial charge in [0.05, 0.1) is 43.6 Å². The highest BCUT2D eigenvalue weighted by molar-refractivity contribution is 7.08. The van der Waals surface area contributed by atoms with E-state index in [1.54, 1.807) is 41.8 Å². The fourth-order valence-corrected chi connectivity index (χ4v) is 11.1. The van der Waals surface area contributed by atoms with Crippen molar-refractivity contribution in [3.63, 3.8) is 0 Å². The molecule has 2 saturated heterocycles. The van der Waals surface area contributed by atoms with E-state index in [1.165, 1.54) is 0 Å². The molecule has 4 aromatic heterocycles. The van der Waals surface area contributed by atoms with Gasteiger partial charge >= 0.3 is 0 Å². The Morgan fingerprint density at radius 3 is 1.87 bits per heavy atom. The number of amides is 3. The summed E-state index contributed by atoms with van der Waals surface area (Å²) in [5.74, 6) is 1.26. The molecule has 68 heavy (non-hydrogen) atoms.